The quantitative estimate of drug-likeness (QED) is 0.457. The highest BCUT2D eigenvalue weighted by molar-refractivity contribution is 7.98. The van der Waals surface area contributed by atoms with Gasteiger partial charge in [0.2, 0.25) is 0 Å². The second-order valence-corrected chi connectivity index (χ2v) is 5.31. The van der Waals surface area contributed by atoms with E-state index in [1.807, 2.05) is 24.0 Å². The fourth-order valence-corrected chi connectivity index (χ4v) is 2.16. The van der Waals surface area contributed by atoms with E-state index in [0.29, 0.717) is 6.54 Å². The zero-order valence-corrected chi connectivity index (χ0v) is 12.9. The van der Waals surface area contributed by atoms with Crippen molar-refractivity contribution < 1.29 is 0 Å². The molecule has 19 heavy (non-hydrogen) atoms. The Hall–Kier alpha value is -1.23. The lowest BCUT2D eigenvalue weighted by Gasteiger charge is -2.12. The fraction of sp³-hybridized carbons (Fsp3) is 0.571. The third-order valence-corrected chi connectivity index (χ3v) is 3.53. The fourth-order valence-electron chi connectivity index (χ4n) is 1.67. The van der Waals surface area contributed by atoms with Gasteiger partial charge in [0.05, 0.1) is 12.2 Å². The highest BCUT2D eigenvalue weighted by Crippen LogP contribution is 2.02. The molecule has 0 aliphatic heterocycles. The lowest BCUT2D eigenvalue weighted by atomic mass is 10.2. The molecule has 0 saturated heterocycles. The van der Waals surface area contributed by atoms with E-state index in [2.05, 4.69) is 39.9 Å². The Kier molecular flexibility index (Phi) is 8.05. The summed E-state index contributed by atoms with van der Waals surface area (Å²) in [5.74, 6) is 2.06. The van der Waals surface area contributed by atoms with Crippen molar-refractivity contribution in [2.24, 2.45) is 4.99 Å². The van der Waals surface area contributed by atoms with E-state index in [1.165, 1.54) is 24.2 Å². The van der Waals surface area contributed by atoms with Crippen LogP contribution in [-0.4, -0.2) is 36.5 Å². The van der Waals surface area contributed by atoms with E-state index in [9.17, 15) is 0 Å². The monoisotopic (exact) mass is 280 g/mol. The summed E-state index contributed by atoms with van der Waals surface area (Å²) in [4.78, 5) is 8.57. The Morgan fingerprint density at radius 3 is 2.89 bits per heavy atom. The Bertz CT molecular complexity index is 393. The molecule has 2 N–H and O–H groups in total. The number of aliphatic imine (C=N–C) groups is 1. The van der Waals surface area contributed by atoms with Crippen molar-refractivity contribution in [3.8, 4) is 0 Å². The van der Waals surface area contributed by atoms with Gasteiger partial charge in [0, 0.05) is 19.8 Å². The molecule has 0 fully saturated rings. The summed E-state index contributed by atoms with van der Waals surface area (Å²) in [6, 6.07) is 4.03. The van der Waals surface area contributed by atoms with Crippen LogP contribution in [-0.2, 0) is 6.54 Å². The first-order valence-electron chi connectivity index (χ1n) is 6.62. The number of pyridine rings is 1. The van der Waals surface area contributed by atoms with Crippen LogP contribution >= 0.6 is 11.8 Å². The van der Waals surface area contributed by atoms with Gasteiger partial charge in [-0.25, -0.2) is 0 Å². The van der Waals surface area contributed by atoms with E-state index in [-0.39, 0.29) is 0 Å². The van der Waals surface area contributed by atoms with Crippen LogP contribution in [0, 0.1) is 6.92 Å². The van der Waals surface area contributed by atoms with Crippen molar-refractivity contribution >= 4 is 17.7 Å². The van der Waals surface area contributed by atoms with E-state index in [0.717, 1.165) is 18.2 Å². The first-order valence-corrected chi connectivity index (χ1v) is 8.01. The number of rotatable bonds is 7. The third-order valence-electron chi connectivity index (χ3n) is 2.83. The molecule has 0 aliphatic carbocycles. The van der Waals surface area contributed by atoms with Crippen LogP contribution < -0.4 is 10.6 Å². The number of hydrogen-bond donors (Lipinski definition) is 2. The molecular weight excluding hydrogens is 256 g/mol. The minimum atomic E-state index is 0.706. The number of nitrogens with zero attached hydrogens (tertiary/aromatic N) is 2. The standard InChI is InChI=1S/C14H24N4S/c1-12-7-6-9-16-13(12)11-18-14(15-2)17-8-4-5-10-19-3/h6-7,9H,4-5,8,10-11H2,1-3H3,(H2,15,17,18). The van der Waals surface area contributed by atoms with Crippen molar-refractivity contribution in [1.29, 1.82) is 0 Å². The SMILES string of the molecule is CN=C(NCCCCSC)NCc1ncccc1C. The molecule has 0 aliphatic rings. The number of nitrogens with one attached hydrogen (secondary N) is 2. The molecule has 1 heterocycles. The average molecular weight is 280 g/mol. The topological polar surface area (TPSA) is 49.3 Å². The van der Waals surface area contributed by atoms with Crippen LogP contribution in [0.1, 0.15) is 24.1 Å². The van der Waals surface area contributed by atoms with Gasteiger partial charge in [-0.05, 0) is 43.4 Å². The van der Waals surface area contributed by atoms with Gasteiger partial charge in [-0.2, -0.15) is 11.8 Å². The highest BCUT2D eigenvalue weighted by Gasteiger charge is 2.01. The Morgan fingerprint density at radius 2 is 2.21 bits per heavy atom. The van der Waals surface area contributed by atoms with Gasteiger partial charge in [-0.1, -0.05) is 6.07 Å². The molecule has 0 saturated carbocycles. The average Bonchev–Trinajstić information content (AvgIpc) is 2.43. The summed E-state index contributed by atoms with van der Waals surface area (Å²) in [5.41, 5.74) is 2.26. The van der Waals surface area contributed by atoms with Crippen LogP contribution in [0.2, 0.25) is 0 Å². The van der Waals surface area contributed by atoms with Crippen LogP contribution in [0.25, 0.3) is 0 Å². The van der Waals surface area contributed by atoms with E-state index >= 15 is 0 Å². The van der Waals surface area contributed by atoms with Gasteiger partial charge in [-0.3, -0.25) is 9.98 Å². The molecule has 1 rings (SSSR count). The number of hydrogen-bond acceptors (Lipinski definition) is 3. The molecule has 0 unspecified atom stereocenters. The molecule has 0 bridgehead atoms. The maximum absolute atomic E-state index is 4.36. The Labute approximate surface area is 120 Å². The Balaban J connectivity index is 2.28. The molecule has 0 amide bonds. The van der Waals surface area contributed by atoms with Gasteiger partial charge in [-0.15, -0.1) is 0 Å². The summed E-state index contributed by atoms with van der Waals surface area (Å²) in [7, 11) is 1.79. The second kappa shape index (κ2) is 9.67. The van der Waals surface area contributed by atoms with Gasteiger partial charge in [0.25, 0.3) is 0 Å². The summed E-state index contributed by atoms with van der Waals surface area (Å²) >= 11 is 1.89. The minimum Gasteiger partial charge on any atom is -0.356 e. The van der Waals surface area contributed by atoms with E-state index < -0.39 is 0 Å². The molecule has 106 valence electrons. The predicted molar refractivity (Wildman–Crippen MR) is 84.8 cm³/mol. The van der Waals surface area contributed by atoms with Crippen LogP contribution in [0.4, 0.5) is 0 Å². The maximum atomic E-state index is 4.36. The summed E-state index contributed by atoms with van der Waals surface area (Å²) < 4.78 is 0. The summed E-state index contributed by atoms with van der Waals surface area (Å²) in [6.07, 6.45) is 6.38. The molecule has 0 aromatic carbocycles. The van der Waals surface area contributed by atoms with Gasteiger partial charge >= 0.3 is 0 Å². The number of unbranched alkanes of at least 4 members (excludes halogenated alkanes) is 1. The van der Waals surface area contributed by atoms with Crippen molar-refractivity contribution in [2.45, 2.75) is 26.3 Å². The molecule has 1 aromatic rings. The normalized spacial score (nSPS) is 11.4. The first-order chi connectivity index (χ1) is 9.27. The molecule has 0 spiro atoms. The number of aryl methyl sites for hydroxylation is 1. The van der Waals surface area contributed by atoms with Crippen LogP contribution in [0.5, 0.6) is 0 Å². The van der Waals surface area contributed by atoms with Gasteiger partial charge < -0.3 is 10.6 Å². The minimum absolute atomic E-state index is 0.706. The maximum Gasteiger partial charge on any atom is 0.191 e. The molecule has 0 atom stereocenters. The van der Waals surface area contributed by atoms with Crippen molar-refractivity contribution in [1.82, 2.24) is 15.6 Å². The van der Waals surface area contributed by atoms with Gasteiger partial charge in [0.1, 0.15) is 0 Å². The van der Waals surface area contributed by atoms with Crippen molar-refractivity contribution in [3.05, 3.63) is 29.6 Å². The smallest absolute Gasteiger partial charge is 0.191 e. The molecule has 0 radical (unpaired) electrons. The number of aromatic nitrogens is 1. The van der Waals surface area contributed by atoms with Gasteiger partial charge in [0.15, 0.2) is 5.96 Å². The molecular formula is C14H24N4S. The lowest BCUT2D eigenvalue weighted by Crippen LogP contribution is -2.37. The predicted octanol–water partition coefficient (Wildman–Crippen LogP) is 2.20. The Morgan fingerprint density at radius 1 is 1.37 bits per heavy atom. The number of guanidine groups is 1. The van der Waals surface area contributed by atoms with E-state index in [1.54, 1.807) is 7.05 Å². The third kappa shape index (κ3) is 6.47. The number of thioether (sulfide) groups is 1. The molecule has 1 aromatic heterocycles. The van der Waals surface area contributed by atoms with Crippen molar-refractivity contribution in [2.75, 3.05) is 25.6 Å². The first kappa shape index (κ1) is 15.8. The second-order valence-electron chi connectivity index (χ2n) is 4.32. The summed E-state index contributed by atoms with van der Waals surface area (Å²) in [5, 5.41) is 6.61. The largest absolute Gasteiger partial charge is 0.356 e. The highest BCUT2D eigenvalue weighted by atomic mass is 32.2. The zero-order valence-electron chi connectivity index (χ0n) is 12.1. The zero-order chi connectivity index (χ0) is 13.9. The molecule has 4 nitrogen and oxygen atoms in total. The molecule has 5 heteroatoms. The van der Waals surface area contributed by atoms with Crippen LogP contribution in [0.3, 0.4) is 0 Å². The summed E-state index contributed by atoms with van der Waals surface area (Å²) in [6.45, 7) is 3.74. The lowest BCUT2D eigenvalue weighted by molar-refractivity contribution is 0.728. The van der Waals surface area contributed by atoms with Crippen molar-refractivity contribution in [3.63, 3.8) is 0 Å². The van der Waals surface area contributed by atoms with Crippen LogP contribution in [0.15, 0.2) is 23.3 Å². The van der Waals surface area contributed by atoms with E-state index in [4.69, 9.17) is 0 Å².